The summed E-state index contributed by atoms with van der Waals surface area (Å²) >= 11 is 0. The molecule has 0 saturated heterocycles. The van der Waals surface area contributed by atoms with Gasteiger partial charge in [-0.15, -0.1) is 0 Å². The summed E-state index contributed by atoms with van der Waals surface area (Å²) in [5, 5.41) is 8.74. The molecule has 1 aromatic heterocycles. The third kappa shape index (κ3) is 12.0. The molecule has 0 radical (unpaired) electrons. The third-order valence-corrected chi connectivity index (χ3v) is 7.18. The number of nitrogens with zero attached hydrogens (tertiary/aromatic N) is 2. The lowest BCUT2D eigenvalue weighted by atomic mass is 9.94. The summed E-state index contributed by atoms with van der Waals surface area (Å²) in [5.74, 6) is -0.437. The SMILES string of the molecule is C1CC1.COC(=O)c1cnc(OC)cc1-c1ccc(C=O)cc1CN(C(C)C)C(C)C.COc1cccc(CC(C)C(=O)O)c1. The molecule has 0 spiro atoms. The van der Waals surface area contributed by atoms with Crippen molar-refractivity contribution < 1.29 is 33.7 Å². The van der Waals surface area contributed by atoms with Crippen molar-refractivity contribution in [3.8, 4) is 22.8 Å². The van der Waals surface area contributed by atoms with E-state index in [-0.39, 0.29) is 5.92 Å². The zero-order valence-corrected chi connectivity index (χ0v) is 27.8. The molecule has 1 fully saturated rings. The first-order valence-electron chi connectivity index (χ1n) is 15.3. The third-order valence-electron chi connectivity index (χ3n) is 7.18. The van der Waals surface area contributed by atoms with Crippen LogP contribution in [0.15, 0.2) is 54.7 Å². The monoisotopic (exact) mass is 620 g/mol. The van der Waals surface area contributed by atoms with Crippen molar-refractivity contribution in [2.75, 3.05) is 21.3 Å². The molecule has 1 atom stereocenters. The predicted octanol–water partition coefficient (Wildman–Crippen LogP) is 7.10. The van der Waals surface area contributed by atoms with Gasteiger partial charge in [0, 0.05) is 42.0 Å². The lowest BCUT2D eigenvalue weighted by Crippen LogP contribution is -2.36. The quantitative estimate of drug-likeness (QED) is 0.167. The highest BCUT2D eigenvalue weighted by atomic mass is 16.5. The Morgan fingerprint density at radius 3 is 2.09 bits per heavy atom. The summed E-state index contributed by atoms with van der Waals surface area (Å²) in [6, 6.07) is 15.3. The number of carboxylic acid groups (broad SMARTS) is 1. The van der Waals surface area contributed by atoms with Crippen LogP contribution >= 0.6 is 0 Å². The molecule has 3 aromatic rings. The lowest BCUT2D eigenvalue weighted by molar-refractivity contribution is -0.141. The Balaban J connectivity index is 0.000000342. The maximum Gasteiger partial charge on any atom is 0.340 e. The van der Waals surface area contributed by atoms with Gasteiger partial charge in [0.1, 0.15) is 12.0 Å². The van der Waals surface area contributed by atoms with E-state index in [0.717, 1.165) is 28.7 Å². The minimum Gasteiger partial charge on any atom is -0.497 e. The van der Waals surface area contributed by atoms with E-state index in [1.807, 2.05) is 36.4 Å². The van der Waals surface area contributed by atoms with Gasteiger partial charge in [-0.3, -0.25) is 14.5 Å². The van der Waals surface area contributed by atoms with Gasteiger partial charge < -0.3 is 19.3 Å². The largest absolute Gasteiger partial charge is 0.497 e. The van der Waals surface area contributed by atoms with E-state index in [2.05, 4.69) is 37.6 Å². The highest BCUT2D eigenvalue weighted by molar-refractivity contribution is 5.98. The summed E-state index contributed by atoms with van der Waals surface area (Å²) in [6.45, 7) is 10.9. The standard InChI is InChI=1S/C22H28N2O4.C11H14O3.C3H6/c1-14(2)24(15(3)4)12-17-9-16(13-25)7-8-18(17)19-10-21(27-5)23-11-20(19)22(26)28-6;1-8(11(12)13)6-9-4-3-5-10(7-9)14-2;1-2-3-1/h7-11,13-15H,12H2,1-6H3;3-5,7-8H,6H2,1-2H3,(H,12,13);1-3H2. The number of carboxylic acids is 1. The number of methoxy groups -OCH3 is 3. The van der Waals surface area contributed by atoms with Gasteiger partial charge in [0.25, 0.3) is 0 Å². The van der Waals surface area contributed by atoms with Crippen molar-refractivity contribution in [1.82, 2.24) is 9.88 Å². The van der Waals surface area contributed by atoms with Crippen molar-refractivity contribution in [2.45, 2.75) is 78.9 Å². The van der Waals surface area contributed by atoms with Gasteiger partial charge in [-0.25, -0.2) is 9.78 Å². The van der Waals surface area contributed by atoms with Crippen LogP contribution in [0, 0.1) is 5.92 Å². The van der Waals surface area contributed by atoms with E-state index < -0.39 is 11.9 Å². The fourth-order valence-electron chi connectivity index (χ4n) is 4.52. The maximum absolute atomic E-state index is 12.3. The highest BCUT2D eigenvalue weighted by Gasteiger charge is 2.21. The molecule has 9 heteroatoms. The average molecular weight is 621 g/mol. The molecule has 1 saturated carbocycles. The molecule has 0 bridgehead atoms. The molecule has 244 valence electrons. The number of hydrogen-bond donors (Lipinski definition) is 1. The molecule has 1 unspecified atom stereocenters. The molecular formula is C36H48N2O7. The first kappa shape index (κ1) is 36.9. The topological polar surface area (TPSA) is 115 Å². The molecule has 0 aliphatic heterocycles. The van der Waals surface area contributed by atoms with Crippen LogP contribution in [0.1, 0.15) is 85.7 Å². The number of pyridine rings is 1. The predicted molar refractivity (Wildman–Crippen MR) is 176 cm³/mol. The molecule has 1 heterocycles. The van der Waals surface area contributed by atoms with Gasteiger partial charge in [0.05, 0.1) is 32.8 Å². The number of ether oxygens (including phenoxy) is 3. The van der Waals surface area contributed by atoms with Crippen LogP contribution in [-0.2, 0) is 22.5 Å². The van der Waals surface area contributed by atoms with Gasteiger partial charge in [0.15, 0.2) is 0 Å². The van der Waals surface area contributed by atoms with E-state index in [1.54, 1.807) is 26.2 Å². The smallest absolute Gasteiger partial charge is 0.340 e. The Kier molecular flexibility index (Phi) is 15.2. The molecule has 1 aliphatic rings. The minimum atomic E-state index is -0.771. The number of rotatable bonds is 12. The summed E-state index contributed by atoms with van der Waals surface area (Å²) in [7, 11) is 4.46. The molecule has 0 amide bonds. The Morgan fingerprint density at radius 1 is 0.911 bits per heavy atom. The Hall–Kier alpha value is -4.24. The average Bonchev–Trinajstić information content (AvgIpc) is 3.93. The molecule has 4 rings (SSSR count). The number of aldehydes is 1. The zero-order valence-electron chi connectivity index (χ0n) is 27.8. The van der Waals surface area contributed by atoms with E-state index in [9.17, 15) is 14.4 Å². The van der Waals surface area contributed by atoms with E-state index in [1.165, 1.54) is 39.7 Å². The molecular weight excluding hydrogens is 572 g/mol. The van der Waals surface area contributed by atoms with Crippen LogP contribution in [0.2, 0.25) is 0 Å². The van der Waals surface area contributed by atoms with Gasteiger partial charge in [-0.1, -0.05) is 50.5 Å². The summed E-state index contributed by atoms with van der Waals surface area (Å²) < 4.78 is 15.2. The lowest BCUT2D eigenvalue weighted by Gasteiger charge is -2.31. The summed E-state index contributed by atoms with van der Waals surface area (Å²) in [6.07, 6.45) is 7.32. The normalized spacial score (nSPS) is 12.3. The number of hydrogen-bond acceptors (Lipinski definition) is 8. The Labute approximate surface area is 267 Å². The van der Waals surface area contributed by atoms with Gasteiger partial charge >= 0.3 is 11.9 Å². The van der Waals surface area contributed by atoms with Gasteiger partial charge in [0.2, 0.25) is 5.88 Å². The van der Waals surface area contributed by atoms with Crippen molar-refractivity contribution in [3.05, 3.63) is 77.0 Å². The number of aliphatic carboxylic acids is 1. The fraction of sp³-hybridized carbons (Fsp3) is 0.444. The van der Waals surface area contributed by atoms with E-state index in [0.29, 0.717) is 47.6 Å². The molecule has 45 heavy (non-hydrogen) atoms. The van der Waals surface area contributed by atoms with Crippen molar-refractivity contribution in [3.63, 3.8) is 0 Å². The first-order valence-corrected chi connectivity index (χ1v) is 15.3. The van der Waals surface area contributed by atoms with Crippen LogP contribution in [0.4, 0.5) is 0 Å². The van der Waals surface area contributed by atoms with Crippen molar-refractivity contribution in [2.24, 2.45) is 5.92 Å². The second-order valence-electron chi connectivity index (χ2n) is 11.5. The Morgan fingerprint density at radius 2 is 1.58 bits per heavy atom. The van der Waals surface area contributed by atoms with Gasteiger partial charge in [-0.2, -0.15) is 0 Å². The Bertz CT molecular complexity index is 1390. The van der Waals surface area contributed by atoms with Crippen LogP contribution in [0.3, 0.4) is 0 Å². The fourth-order valence-corrected chi connectivity index (χ4v) is 4.52. The number of carbonyl (C=O) groups is 3. The maximum atomic E-state index is 12.3. The second-order valence-corrected chi connectivity index (χ2v) is 11.5. The molecule has 9 nitrogen and oxygen atoms in total. The van der Waals surface area contributed by atoms with E-state index in [4.69, 9.17) is 19.3 Å². The number of carbonyl (C=O) groups excluding carboxylic acids is 2. The minimum absolute atomic E-state index is 0.319. The number of esters is 1. The first-order chi connectivity index (χ1) is 21.4. The summed E-state index contributed by atoms with van der Waals surface area (Å²) in [5.41, 5.74) is 4.39. The summed E-state index contributed by atoms with van der Waals surface area (Å²) in [4.78, 5) is 40.8. The molecule has 2 aromatic carbocycles. The van der Waals surface area contributed by atoms with E-state index >= 15 is 0 Å². The molecule has 1 N–H and O–H groups in total. The van der Waals surface area contributed by atoms with Crippen molar-refractivity contribution in [1.29, 1.82) is 0 Å². The number of benzene rings is 2. The van der Waals surface area contributed by atoms with Crippen molar-refractivity contribution >= 4 is 18.2 Å². The zero-order chi connectivity index (χ0) is 33.5. The second kappa shape index (κ2) is 18.5. The van der Waals surface area contributed by atoms with Gasteiger partial charge in [-0.05, 0) is 69.0 Å². The van der Waals surface area contributed by atoms with Crippen LogP contribution < -0.4 is 9.47 Å². The van der Waals surface area contributed by atoms with Crippen LogP contribution in [-0.4, -0.2) is 66.6 Å². The van der Waals surface area contributed by atoms with Crippen LogP contribution in [0.25, 0.3) is 11.1 Å². The highest BCUT2D eigenvalue weighted by Crippen LogP contribution is 2.32. The molecule has 1 aliphatic carbocycles. The number of aromatic nitrogens is 1. The van der Waals surface area contributed by atoms with Crippen LogP contribution in [0.5, 0.6) is 11.6 Å².